The maximum absolute atomic E-state index is 13.9. The molecule has 0 unspecified atom stereocenters. The minimum Gasteiger partial charge on any atom is -0.338 e. The summed E-state index contributed by atoms with van der Waals surface area (Å²) in [5.74, 6) is -1.03. The summed E-state index contributed by atoms with van der Waals surface area (Å²) in [6.45, 7) is 2.80. The molecule has 0 aromatic heterocycles. The minimum absolute atomic E-state index is 0.0767. The first-order valence-corrected chi connectivity index (χ1v) is 9.01. The van der Waals surface area contributed by atoms with Crippen molar-refractivity contribution in [2.24, 2.45) is 4.99 Å². The molecule has 0 radical (unpaired) electrons. The highest BCUT2D eigenvalue weighted by Crippen LogP contribution is 2.29. The lowest BCUT2D eigenvalue weighted by atomic mass is 9.97. The molecule has 0 atom stereocenters. The summed E-state index contributed by atoms with van der Waals surface area (Å²) in [5, 5.41) is 2.99. The van der Waals surface area contributed by atoms with Crippen LogP contribution >= 0.6 is 0 Å². The van der Waals surface area contributed by atoms with Crippen molar-refractivity contribution in [1.29, 1.82) is 0 Å². The Morgan fingerprint density at radius 1 is 1.15 bits per heavy atom. The number of piperidine rings is 1. The molecule has 2 aliphatic rings. The summed E-state index contributed by atoms with van der Waals surface area (Å²) >= 11 is 0. The first-order chi connectivity index (χ1) is 13.0. The quantitative estimate of drug-likeness (QED) is 0.889. The van der Waals surface area contributed by atoms with Gasteiger partial charge in [-0.05, 0) is 25.1 Å². The standard InChI is InChI=1S/C21H20FN3O2/c1-14-5-4-6-15(13-14)18-19(26)24-21(23-18)9-11-25(12-10-21)20(27)16-7-2-3-8-17(16)22/h2-8,13H,9-12H2,1H3,(H,24,26). The van der Waals surface area contributed by atoms with Gasteiger partial charge in [0.2, 0.25) is 0 Å². The van der Waals surface area contributed by atoms with Gasteiger partial charge in [-0.1, -0.05) is 35.9 Å². The van der Waals surface area contributed by atoms with Crippen LogP contribution in [0.1, 0.15) is 34.3 Å². The van der Waals surface area contributed by atoms with Gasteiger partial charge in [0.15, 0.2) is 0 Å². The number of rotatable bonds is 2. The number of aliphatic imine (C=N–C) groups is 1. The molecule has 2 aromatic carbocycles. The third kappa shape index (κ3) is 3.23. The van der Waals surface area contributed by atoms with Crippen LogP contribution in [0.5, 0.6) is 0 Å². The van der Waals surface area contributed by atoms with Crippen molar-refractivity contribution in [3.05, 3.63) is 71.0 Å². The number of nitrogens with zero attached hydrogens (tertiary/aromatic N) is 2. The maximum Gasteiger partial charge on any atom is 0.272 e. The molecule has 27 heavy (non-hydrogen) atoms. The second-order valence-electron chi connectivity index (χ2n) is 7.09. The number of benzene rings is 2. The highest BCUT2D eigenvalue weighted by molar-refractivity contribution is 6.46. The van der Waals surface area contributed by atoms with Gasteiger partial charge in [0.25, 0.3) is 11.8 Å². The normalized spacial score (nSPS) is 18.4. The van der Waals surface area contributed by atoms with Gasteiger partial charge in [-0.2, -0.15) is 0 Å². The summed E-state index contributed by atoms with van der Waals surface area (Å²) in [7, 11) is 0. The number of amides is 2. The van der Waals surface area contributed by atoms with Crippen LogP contribution in [0.2, 0.25) is 0 Å². The van der Waals surface area contributed by atoms with Gasteiger partial charge in [-0.15, -0.1) is 0 Å². The number of likely N-dealkylation sites (tertiary alicyclic amines) is 1. The molecule has 4 rings (SSSR count). The van der Waals surface area contributed by atoms with E-state index in [9.17, 15) is 14.0 Å². The molecule has 0 aliphatic carbocycles. The smallest absolute Gasteiger partial charge is 0.272 e. The molecule has 5 nitrogen and oxygen atoms in total. The van der Waals surface area contributed by atoms with E-state index in [4.69, 9.17) is 4.99 Å². The lowest BCUT2D eigenvalue weighted by Gasteiger charge is -2.37. The second-order valence-corrected chi connectivity index (χ2v) is 7.09. The first-order valence-electron chi connectivity index (χ1n) is 9.01. The topological polar surface area (TPSA) is 61.8 Å². The molecule has 0 bridgehead atoms. The minimum atomic E-state index is -0.678. The van der Waals surface area contributed by atoms with Gasteiger partial charge in [-0.3, -0.25) is 14.6 Å². The number of aryl methyl sites for hydroxylation is 1. The van der Waals surface area contributed by atoms with E-state index in [1.165, 1.54) is 12.1 Å². The molecule has 1 spiro atoms. The van der Waals surface area contributed by atoms with E-state index in [0.29, 0.717) is 31.6 Å². The lowest BCUT2D eigenvalue weighted by Crippen LogP contribution is -2.52. The molecule has 0 saturated carbocycles. The number of hydrogen-bond donors (Lipinski definition) is 1. The molecule has 138 valence electrons. The Morgan fingerprint density at radius 2 is 1.89 bits per heavy atom. The van der Waals surface area contributed by atoms with Gasteiger partial charge in [0, 0.05) is 31.5 Å². The number of nitrogens with one attached hydrogen (secondary N) is 1. The summed E-state index contributed by atoms with van der Waals surface area (Å²) in [6.07, 6.45) is 1.02. The molecular weight excluding hydrogens is 345 g/mol. The summed E-state index contributed by atoms with van der Waals surface area (Å²) < 4.78 is 13.9. The van der Waals surface area contributed by atoms with Crippen LogP contribution < -0.4 is 5.32 Å². The zero-order chi connectivity index (χ0) is 19.0. The molecule has 6 heteroatoms. The Hall–Kier alpha value is -3.02. The average molecular weight is 365 g/mol. The Bertz CT molecular complexity index is 946. The SMILES string of the molecule is Cc1cccc(C2=NC3(CCN(C(=O)c4ccccc4F)CC3)NC2=O)c1. The number of carbonyl (C=O) groups is 2. The predicted octanol–water partition coefficient (Wildman–Crippen LogP) is 2.69. The summed E-state index contributed by atoms with van der Waals surface area (Å²) in [4.78, 5) is 31.4. The first kappa shape index (κ1) is 17.4. The Labute approximate surface area is 156 Å². The molecule has 2 aliphatic heterocycles. The van der Waals surface area contributed by atoms with E-state index in [-0.39, 0.29) is 17.4 Å². The van der Waals surface area contributed by atoms with Gasteiger partial charge in [-0.25, -0.2) is 4.39 Å². The van der Waals surface area contributed by atoms with Crippen molar-refractivity contribution in [2.75, 3.05) is 13.1 Å². The molecular formula is C21H20FN3O2. The van der Waals surface area contributed by atoms with Gasteiger partial charge in [0.05, 0.1) is 5.56 Å². The van der Waals surface area contributed by atoms with Crippen LogP contribution in [0.15, 0.2) is 53.5 Å². The second kappa shape index (κ2) is 6.61. The number of carbonyl (C=O) groups excluding carboxylic acids is 2. The largest absolute Gasteiger partial charge is 0.338 e. The van der Waals surface area contributed by atoms with E-state index in [1.54, 1.807) is 17.0 Å². The highest BCUT2D eigenvalue weighted by Gasteiger charge is 2.43. The molecule has 1 saturated heterocycles. The Kier molecular flexibility index (Phi) is 4.26. The van der Waals surface area contributed by atoms with Crippen LogP contribution in [0.4, 0.5) is 4.39 Å². The van der Waals surface area contributed by atoms with Crippen LogP contribution in [0.3, 0.4) is 0 Å². The lowest BCUT2D eigenvalue weighted by molar-refractivity contribution is -0.115. The van der Waals surface area contributed by atoms with Crippen LogP contribution in [-0.2, 0) is 4.79 Å². The van der Waals surface area contributed by atoms with E-state index >= 15 is 0 Å². The van der Waals surface area contributed by atoms with Crippen molar-refractivity contribution in [3.8, 4) is 0 Å². The maximum atomic E-state index is 13.9. The van der Waals surface area contributed by atoms with E-state index in [2.05, 4.69) is 5.32 Å². The average Bonchev–Trinajstić information content (AvgIpc) is 2.98. The molecule has 2 heterocycles. The Balaban J connectivity index is 1.51. The molecule has 2 aromatic rings. The van der Waals surface area contributed by atoms with Gasteiger partial charge >= 0.3 is 0 Å². The molecule has 1 fully saturated rings. The fraction of sp³-hybridized carbons (Fsp3) is 0.286. The fourth-order valence-electron chi connectivity index (χ4n) is 3.67. The van der Waals surface area contributed by atoms with Crippen LogP contribution in [-0.4, -0.2) is 41.2 Å². The zero-order valence-electron chi connectivity index (χ0n) is 15.0. The van der Waals surface area contributed by atoms with E-state index < -0.39 is 11.5 Å². The monoisotopic (exact) mass is 365 g/mol. The predicted molar refractivity (Wildman–Crippen MR) is 100 cm³/mol. The van der Waals surface area contributed by atoms with Crippen molar-refractivity contribution in [3.63, 3.8) is 0 Å². The zero-order valence-corrected chi connectivity index (χ0v) is 15.0. The van der Waals surface area contributed by atoms with E-state index in [0.717, 1.165) is 11.1 Å². The van der Waals surface area contributed by atoms with Crippen molar-refractivity contribution >= 4 is 17.5 Å². The fourth-order valence-corrected chi connectivity index (χ4v) is 3.67. The number of halogens is 1. The van der Waals surface area contributed by atoms with Crippen molar-refractivity contribution in [1.82, 2.24) is 10.2 Å². The number of hydrogen-bond acceptors (Lipinski definition) is 3. The molecule has 1 N–H and O–H groups in total. The Morgan fingerprint density at radius 3 is 2.59 bits per heavy atom. The van der Waals surface area contributed by atoms with Crippen LogP contribution in [0, 0.1) is 12.7 Å². The van der Waals surface area contributed by atoms with Crippen molar-refractivity contribution in [2.45, 2.75) is 25.4 Å². The third-order valence-corrected chi connectivity index (χ3v) is 5.16. The van der Waals surface area contributed by atoms with Crippen molar-refractivity contribution < 1.29 is 14.0 Å². The summed E-state index contributed by atoms with van der Waals surface area (Å²) in [5.41, 5.74) is 1.70. The van der Waals surface area contributed by atoms with Gasteiger partial charge < -0.3 is 10.2 Å². The highest BCUT2D eigenvalue weighted by atomic mass is 19.1. The van der Waals surface area contributed by atoms with E-state index in [1.807, 2.05) is 31.2 Å². The molecule has 2 amide bonds. The van der Waals surface area contributed by atoms with Gasteiger partial charge in [0.1, 0.15) is 17.2 Å². The third-order valence-electron chi connectivity index (χ3n) is 5.16. The van der Waals surface area contributed by atoms with Crippen LogP contribution in [0.25, 0.3) is 0 Å². The summed E-state index contributed by atoms with van der Waals surface area (Å²) in [6, 6.07) is 13.7.